The lowest BCUT2D eigenvalue weighted by Gasteiger charge is -2.32. The van der Waals surface area contributed by atoms with Crippen molar-refractivity contribution in [3.05, 3.63) is 0 Å². The van der Waals surface area contributed by atoms with Gasteiger partial charge in [-0.2, -0.15) is 5.26 Å². The molecule has 0 aromatic carbocycles. The van der Waals surface area contributed by atoms with Gasteiger partial charge >= 0.3 is 0 Å². The maximum absolute atomic E-state index is 9.01. The van der Waals surface area contributed by atoms with Crippen LogP contribution in [0.1, 0.15) is 26.7 Å². The Morgan fingerprint density at radius 1 is 1.56 bits per heavy atom. The van der Waals surface area contributed by atoms with Gasteiger partial charge in [0, 0.05) is 13.1 Å². The van der Waals surface area contributed by atoms with Gasteiger partial charge < -0.3 is 9.84 Å². The number of nitriles is 1. The molecule has 1 unspecified atom stereocenters. The molecule has 0 amide bonds. The zero-order valence-corrected chi connectivity index (χ0v) is 10.3. The fourth-order valence-electron chi connectivity index (χ4n) is 1.89. The van der Waals surface area contributed by atoms with Gasteiger partial charge in [-0.25, -0.2) is 0 Å². The minimum Gasteiger partial charge on any atom is -0.394 e. The Hall–Kier alpha value is -0.630. The number of hydrogen-bond donors (Lipinski definition) is 1. The van der Waals surface area contributed by atoms with E-state index in [-0.39, 0.29) is 18.1 Å². The van der Waals surface area contributed by atoms with Crippen molar-refractivity contribution in [2.45, 2.75) is 32.8 Å². The number of aliphatic hydroxyl groups is 1. The molecule has 0 aromatic rings. The lowest BCUT2D eigenvalue weighted by molar-refractivity contribution is -0.0532. The highest BCUT2D eigenvalue weighted by atomic mass is 16.5. The van der Waals surface area contributed by atoms with Crippen LogP contribution in [0.15, 0.2) is 0 Å². The van der Waals surface area contributed by atoms with Crippen molar-refractivity contribution in [2.24, 2.45) is 5.41 Å². The number of ether oxygens (including phenoxy) is 1. The van der Waals surface area contributed by atoms with Crippen LogP contribution in [0.25, 0.3) is 0 Å². The number of morpholine rings is 1. The Balaban J connectivity index is 2.20. The molecule has 0 saturated carbocycles. The van der Waals surface area contributed by atoms with Crippen LogP contribution >= 0.6 is 0 Å². The SMILES string of the molecule is CC(C)(C#N)CCCN1CCOC(CO)C1. The summed E-state index contributed by atoms with van der Waals surface area (Å²) >= 11 is 0. The van der Waals surface area contributed by atoms with Crippen molar-refractivity contribution in [3.63, 3.8) is 0 Å². The molecule has 0 radical (unpaired) electrons. The molecular weight excluding hydrogens is 204 g/mol. The first-order chi connectivity index (χ1) is 7.57. The van der Waals surface area contributed by atoms with Gasteiger partial charge in [-0.15, -0.1) is 0 Å². The summed E-state index contributed by atoms with van der Waals surface area (Å²) in [6.07, 6.45) is 1.92. The summed E-state index contributed by atoms with van der Waals surface area (Å²) in [6.45, 7) is 7.48. The molecule has 1 aliphatic rings. The maximum Gasteiger partial charge on any atom is 0.0932 e. The number of rotatable bonds is 5. The maximum atomic E-state index is 9.01. The van der Waals surface area contributed by atoms with Crippen LogP contribution in [0, 0.1) is 16.7 Å². The van der Waals surface area contributed by atoms with E-state index in [4.69, 9.17) is 15.1 Å². The molecule has 1 N–H and O–H groups in total. The lowest BCUT2D eigenvalue weighted by Crippen LogP contribution is -2.44. The molecule has 1 heterocycles. The van der Waals surface area contributed by atoms with E-state index in [2.05, 4.69) is 11.0 Å². The van der Waals surface area contributed by atoms with Gasteiger partial charge in [0.2, 0.25) is 0 Å². The van der Waals surface area contributed by atoms with Gasteiger partial charge in [0.1, 0.15) is 0 Å². The summed E-state index contributed by atoms with van der Waals surface area (Å²) in [5.41, 5.74) is -0.220. The van der Waals surface area contributed by atoms with Gasteiger partial charge in [-0.3, -0.25) is 4.90 Å². The second-order valence-electron chi connectivity index (χ2n) is 5.08. The summed E-state index contributed by atoms with van der Waals surface area (Å²) in [7, 11) is 0. The van der Waals surface area contributed by atoms with Gasteiger partial charge in [-0.1, -0.05) is 0 Å². The topological polar surface area (TPSA) is 56.5 Å². The second-order valence-corrected chi connectivity index (χ2v) is 5.08. The van der Waals surface area contributed by atoms with Crippen molar-refractivity contribution in [3.8, 4) is 6.07 Å². The van der Waals surface area contributed by atoms with Crippen LogP contribution in [-0.2, 0) is 4.74 Å². The van der Waals surface area contributed by atoms with E-state index in [0.717, 1.165) is 32.5 Å². The van der Waals surface area contributed by atoms with Crippen LogP contribution in [-0.4, -0.2) is 49.0 Å². The van der Waals surface area contributed by atoms with Crippen molar-refractivity contribution >= 4 is 0 Å². The third kappa shape index (κ3) is 4.48. The largest absolute Gasteiger partial charge is 0.394 e. The van der Waals surface area contributed by atoms with Crippen LogP contribution in [0.5, 0.6) is 0 Å². The first-order valence-corrected chi connectivity index (χ1v) is 5.93. The Kier molecular flexibility index (Phi) is 5.20. The van der Waals surface area contributed by atoms with Crippen LogP contribution in [0.3, 0.4) is 0 Å². The zero-order valence-electron chi connectivity index (χ0n) is 10.3. The third-order valence-corrected chi connectivity index (χ3v) is 3.01. The molecule has 0 aliphatic carbocycles. The highest BCUT2D eigenvalue weighted by Gasteiger charge is 2.21. The lowest BCUT2D eigenvalue weighted by atomic mass is 9.90. The molecule has 1 fully saturated rings. The summed E-state index contributed by atoms with van der Waals surface area (Å²) in [5, 5.41) is 17.9. The van der Waals surface area contributed by atoms with E-state index in [1.54, 1.807) is 0 Å². The molecule has 16 heavy (non-hydrogen) atoms. The molecule has 1 saturated heterocycles. The van der Waals surface area contributed by atoms with E-state index in [1.807, 2.05) is 13.8 Å². The van der Waals surface area contributed by atoms with E-state index in [9.17, 15) is 0 Å². The molecular formula is C12H22N2O2. The summed E-state index contributed by atoms with van der Waals surface area (Å²) in [6, 6.07) is 2.32. The van der Waals surface area contributed by atoms with Crippen molar-refractivity contribution in [1.29, 1.82) is 5.26 Å². The predicted octanol–water partition coefficient (Wildman–Crippen LogP) is 1.01. The first-order valence-electron chi connectivity index (χ1n) is 5.93. The fourth-order valence-corrected chi connectivity index (χ4v) is 1.89. The minimum atomic E-state index is -0.220. The molecule has 1 atom stereocenters. The fraction of sp³-hybridized carbons (Fsp3) is 0.917. The van der Waals surface area contributed by atoms with Crippen LogP contribution < -0.4 is 0 Å². The van der Waals surface area contributed by atoms with Gasteiger partial charge in [-0.05, 0) is 33.2 Å². The van der Waals surface area contributed by atoms with Crippen molar-refractivity contribution in [2.75, 3.05) is 32.8 Å². The Morgan fingerprint density at radius 3 is 2.94 bits per heavy atom. The predicted molar refractivity (Wildman–Crippen MR) is 61.9 cm³/mol. The van der Waals surface area contributed by atoms with Gasteiger partial charge in [0.05, 0.1) is 30.8 Å². The monoisotopic (exact) mass is 226 g/mol. The third-order valence-electron chi connectivity index (χ3n) is 3.01. The second kappa shape index (κ2) is 6.19. The van der Waals surface area contributed by atoms with Crippen LogP contribution in [0.2, 0.25) is 0 Å². The molecule has 1 rings (SSSR count). The van der Waals surface area contributed by atoms with E-state index >= 15 is 0 Å². The Labute approximate surface area is 97.8 Å². The van der Waals surface area contributed by atoms with E-state index < -0.39 is 0 Å². The van der Waals surface area contributed by atoms with Crippen LogP contribution in [0.4, 0.5) is 0 Å². The molecule has 0 bridgehead atoms. The molecule has 0 aromatic heterocycles. The Morgan fingerprint density at radius 2 is 2.31 bits per heavy atom. The smallest absolute Gasteiger partial charge is 0.0932 e. The summed E-state index contributed by atoms with van der Waals surface area (Å²) in [5.74, 6) is 0. The normalized spacial score (nSPS) is 23.0. The molecule has 1 aliphatic heterocycles. The standard InChI is InChI=1S/C12H22N2O2/c1-12(2,10-13)4-3-5-14-6-7-16-11(8-14)9-15/h11,15H,3-9H2,1-2H3. The minimum absolute atomic E-state index is 0.0299. The summed E-state index contributed by atoms with van der Waals surface area (Å²) in [4.78, 5) is 2.30. The van der Waals surface area contributed by atoms with Crippen molar-refractivity contribution in [1.82, 2.24) is 4.90 Å². The quantitative estimate of drug-likeness (QED) is 0.760. The van der Waals surface area contributed by atoms with Crippen molar-refractivity contribution < 1.29 is 9.84 Å². The highest BCUT2D eigenvalue weighted by molar-refractivity contribution is 4.91. The van der Waals surface area contributed by atoms with Gasteiger partial charge in [0.15, 0.2) is 0 Å². The molecule has 92 valence electrons. The number of aliphatic hydroxyl groups excluding tert-OH is 1. The average Bonchev–Trinajstić information content (AvgIpc) is 2.29. The first kappa shape index (κ1) is 13.4. The number of hydrogen-bond acceptors (Lipinski definition) is 4. The molecule has 0 spiro atoms. The molecule has 4 heteroatoms. The van der Waals surface area contributed by atoms with E-state index in [0.29, 0.717) is 6.61 Å². The van der Waals surface area contributed by atoms with Gasteiger partial charge in [0.25, 0.3) is 0 Å². The van der Waals surface area contributed by atoms with E-state index in [1.165, 1.54) is 0 Å². The molecule has 4 nitrogen and oxygen atoms in total. The summed E-state index contributed by atoms with van der Waals surface area (Å²) < 4.78 is 5.38. The zero-order chi connectivity index (χ0) is 12.0. The highest BCUT2D eigenvalue weighted by Crippen LogP contribution is 2.21. The average molecular weight is 226 g/mol. The Bertz CT molecular complexity index is 248. The number of nitrogens with zero attached hydrogens (tertiary/aromatic N) is 2.